The Bertz CT molecular complexity index is 2210. The second kappa shape index (κ2) is 16.2. The third kappa shape index (κ3) is 8.64. The zero-order valence-corrected chi connectivity index (χ0v) is 35.6. The minimum atomic E-state index is -4.52. The monoisotopic (exact) mass is 847 g/mol. The second-order valence-corrected chi connectivity index (χ2v) is 20.1. The molecule has 2 aromatic carbocycles. The third-order valence-corrected chi connectivity index (χ3v) is 13.8. The summed E-state index contributed by atoms with van der Waals surface area (Å²) < 4.78 is 46.3. The molecule has 1 saturated heterocycles. The van der Waals surface area contributed by atoms with E-state index >= 15 is 0 Å². The van der Waals surface area contributed by atoms with Crippen LogP contribution in [0.1, 0.15) is 89.0 Å². The molecule has 60 heavy (non-hydrogen) atoms. The van der Waals surface area contributed by atoms with Crippen molar-refractivity contribution >= 4 is 52.5 Å². The van der Waals surface area contributed by atoms with Crippen LogP contribution in [0, 0.1) is 16.7 Å². The summed E-state index contributed by atoms with van der Waals surface area (Å²) in [5.74, 6) is -3.11. The molecule has 322 valence electrons. The van der Waals surface area contributed by atoms with Crippen molar-refractivity contribution in [2.24, 2.45) is 16.7 Å². The van der Waals surface area contributed by atoms with E-state index in [1.54, 1.807) is 25.7 Å². The van der Waals surface area contributed by atoms with E-state index in [-0.39, 0.29) is 53.9 Å². The highest BCUT2D eigenvalue weighted by atomic mass is 32.2. The summed E-state index contributed by atoms with van der Waals surface area (Å²) in [5.41, 5.74) is 0.733. The van der Waals surface area contributed by atoms with Crippen LogP contribution in [0.4, 0.5) is 9.59 Å². The van der Waals surface area contributed by atoms with Crippen LogP contribution in [0.2, 0.25) is 0 Å². The Morgan fingerprint density at radius 2 is 1.78 bits per heavy atom. The average molecular weight is 848 g/mol. The lowest BCUT2D eigenvalue weighted by Gasteiger charge is -2.35. The highest BCUT2D eigenvalue weighted by Gasteiger charge is 2.62. The number of ether oxygens (including phenoxy) is 2. The number of carbonyl (C=O) groups excluding carboxylic acids is 5. The number of benzene rings is 2. The van der Waals surface area contributed by atoms with E-state index in [0.717, 1.165) is 42.4 Å². The standard InChI is InChI=1S/C42H54BN5O11S/c1-7-27-19-42(27,37(51)46-60(55,56)33-16-11-15-31-30(33)23-58-43(31)54)45-35(49)32-18-28-21-48(32)36(50)34(40(2,3)4)44-38(52)57-24-41(5,6)17-9-8-12-25-13-10-14-26-20-47(22-29(25)26)39(53)59-28/h7,10-11,13-16,27-28,32,34,54H,1,8-9,12,17-24H2,2-6H3,(H,44,52)(H,45,49)(H,46,51)/t27-,28-,32+,34-,42-/m1/s1. The summed E-state index contributed by atoms with van der Waals surface area (Å²) in [7, 11) is -5.84. The van der Waals surface area contributed by atoms with Gasteiger partial charge in [-0.15, -0.1) is 6.58 Å². The lowest BCUT2D eigenvalue weighted by Crippen LogP contribution is -2.60. The first-order valence-electron chi connectivity index (χ1n) is 20.5. The van der Waals surface area contributed by atoms with Gasteiger partial charge in [-0.2, -0.15) is 0 Å². The second-order valence-electron chi connectivity index (χ2n) is 18.5. The van der Waals surface area contributed by atoms with Gasteiger partial charge in [-0.25, -0.2) is 22.7 Å². The van der Waals surface area contributed by atoms with Crippen LogP contribution in [0.25, 0.3) is 0 Å². The molecule has 5 amide bonds. The molecule has 0 radical (unpaired) electrons. The quantitative estimate of drug-likeness (QED) is 0.246. The molecule has 16 nitrogen and oxygen atoms in total. The fourth-order valence-electron chi connectivity index (χ4n) is 8.75. The van der Waals surface area contributed by atoms with Crippen LogP contribution in [-0.2, 0) is 64.7 Å². The number of cyclic esters (lactones) is 1. The maximum atomic E-state index is 14.6. The van der Waals surface area contributed by atoms with Crippen LogP contribution in [0.5, 0.6) is 0 Å². The average Bonchev–Trinajstić information content (AvgIpc) is 3.48. The maximum absolute atomic E-state index is 14.6. The summed E-state index contributed by atoms with van der Waals surface area (Å²) in [6, 6.07) is 7.79. The van der Waals surface area contributed by atoms with Gasteiger partial charge in [-0.3, -0.25) is 19.3 Å². The van der Waals surface area contributed by atoms with Gasteiger partial charge in [-0.1, -0.05) is 77.4 Å². The number of aryl methyl sites for hydroxylation is 1. The van der Waals surface area contributed by atoms with Gasteiger partial charge in [0.25, 0.3) is 15.9 Å². The number of nitrogens with one attached hydrogen (secondary N) is 3. The van der Waals surface area contributed by atoms with Gasteiger partial charge in [0.2, 0.25) is 11.8 Å². The number of nitrogens with zero attached hydrogens (tertiary/aromatic N) is 2. The smallest absolute Gasteiger partial charge is 0.449 e. The topological polar surface area (TPSA) is 210 Å². The van der Waals surface area contributed by atoms with E-state index in [0.29, 0.717) is 13.1 Å². The minimum Gasteiger partial charge on any atom is -0.449 e. The molecule has 18 heteroatoms. The molecule has 0 aromatic heterocycles. The van der Waals surface area contributed by atoms with Crippen molar-refractivity contribution < 1.29 is 51.5 Å². The van der Waals surface area contributed by atoms with Crippen molar-refractivity contribution in [3.63, 3.8) is 0 Å². The zero-order valence-electron chi connectivity index (χ0n) is 34.7. The van der Waals surface area contributed by atoms with E-state index in [2.05, 4.69) is 28.0 Å². The van der Waals surface area contributed by atoms with Gasteiger partial charge < -0.3 is 34.7 Å². The molecule has 2 aromatic rings. The Hall–Kier alpha value is -4.94. The number of alkyl carbamates (subject to hydrolysis) is 1. The summed E-state index contributed by atoms with van der Waals surface area (Å²) >= 11 is 0. The molecule has 5 aliphatic rings. The normalized spacial score (nSPS) is 27.0. The minimum absolute atomic E-state index is 0.0171. The fraction of sp³-hybridized carbons (Fsp3) is 0.548. The molecule has 0 spiro atoms. The van der Waals surface area contributed by atoms with Crippen LogP contribution in [-0.4, -0.2) is 97.1 Å². The van der Waals surface area contributed by atoms with Gasteiger partial charge in [-0.05, 0) is 70.3 Å². The predicted molar refractivity (Wildman–Crippen MR) is 218 cm³/mol. The molecule has 4 heterocycles. The Morgan fingerprint density at radius 3 is 2.50 bits per heavy atom. The third-order valence-electron chi connectivity index (χ3n) is 12.4. The summed E-state index contributed by atoms with van der Waals surface area (Å²) in [6.07, 6.45) is 2.35. The summed E-state index contributed by atoms with van der Waals surface area (Å²) in [4.78, 5) is 72.8. The highest BCUT2D eigenvalue weighted by Crippen LogP contribution is 2.45. The lowest BCUT2D eigenvalue weighted by atomic mass is 9.80. The molecule has 7 rings (SSSR count). The zero-order chi connectivity index (χ0) is 43.4. The lowest BCUT2D eigenvalue weighted by molar-refractivity contribution is -0.143. The molecule has 1 aliphatic carbocycles. The Kier molecular flexibility index (Phi) is 11.6. The largest absolute Gasteiger partial charge is 0.491 e. The van der Waals surface area contributed by atoms with E-state index in [1.165, 1.54) is 29.2 Å². The Balaban J connectivity index is 1.16. The number of fused-ring (bicyclic) bond motifs is 4. The highest BCUT2D eigenvalue weighted by molar-refractivity contribution is 7.90. The molecular weight excluding hydrogens is 793 g/mol. The van der Waals surface area contributed by atoms with Crippen molar-refractivity contribution in [2.75, 3.05) is 13.2 Å². The molecule has 5 atom stereocenters. The van der Waals surface area contributed by atoms with Gasteiger partial charge in [0.15, 0.2) is 0 Å². The maximum Gasteiger partial charge on any atom is 0.491 e. The Labute approximate surface area is 350 Å². The first-order valence-corrected chi connectivity index (χ1v) is 21.9. The molecule has 4 aliphatic heterocycles. The molecule has 4 bridgehead atoms. The van der Waals surface area contributed by atoms with Crippen molar-refractivity contribution in [1.82, 2.24) is 25.2 Å². The van der Waals surface area contributed by atoms with Crippen LogP contribution < -0.4 is 20.8 Å². The number of rotatable bonds is 6. The summed E-state index contributed by atoms with van der Waals surface area (Å²) in [5, 5.41) is 15.6. The number of carbonyl (C=O) groups is 5. The first kappa shape index (κ1) is 43.2. The fourth-order valence-corrected chi connectivity index (χ4v) is 10.0. The SMILES string of the molecule is C=C[C@@H]1C[C@]1(NC(=O)[C@@H]1C[C@@H]2CN1C(=O)[C@H](C(C)(C)C)NC(=O)OCC(C)(C)CCCCc1cccc3c1CN(C3)C(=O)O2)C(=O)NS(=O)(=O)c1cccc2c1COB2O. The van der Waals surface area contributed by atoms with Gasteiger partial charge >= 0.3 is 19.3 Å². The van der Waals surface area contributed by atoms with E-state index in [4.69, 9.17) is 14.1 Å². The summed E-state index contributed by atoms with van der Waals surface area (Å²) in [6.45, 7) is 13.5. The predicted octanol–water partition coefficient (Wildman–Crippen LogP) is 2.79. The molecular formula is C42H54BN5O11S. The number of amides is 5. The van der Waals surface area contributed by atoms with Crippen molar-refractivity contribution in [3.8, 4) is 0 Å². The molecule has 4 N–H and O–H groups in total. The van der Waals surface area contributed by atoms with Crippen LogP contribution in [0.15, 0.2) is 53.9 Å². The van der Waals surface area contributed by atoms with Crippen molar-refractivity contribution in [3.05, 3.63) is 71.3 Å². The molecule has 1 saturated carbocycles. The number of hydrogen-bond acceptors (Lipinski definition) is 11. The number of sulfonamides is 1. The van der Waals surface area contributed by atoms with E-state index in [1.807, 2.05) is 26.0 Å². The van der Waals surface area contributed by atoms with Crippen molar-refractivity contribution in [1.29, 1.82) is 0 Å². The van der Waals surface area contributed by atoms with Gasteiger partial charge in [0.05, 0.1) is 24.7 Å². The number of hydrogen-bond donors (Lipinski definition) is 4. The van der Waals surface area contributed by atoms with E-state index < -0.39 is 82.1 Å². The van der Waals surface area contributed by atoms with Gasteiger partial charge in [0.1, 0.15) is 23.7 Å². The Morgan fingerprint density at radius 1 is 1.05 bits per heavy atom. The van der Waals surface area contributed by atoms with Crippen LogP contribution >= 0.6 is 0 Å². The van der Waals surface area contributed by atoms with E-state index in [9.17, 15) is 37.4 Å². The first-order chi connectivity index (χ1) is 28.2. The molecule has 0 unspecified atom stereocenters. The van der Waals surface area contributed by atoms with Gasteiger partial charge in [0, 0.05) is 25.4 Å². The molecule has 2 fully saturated rings. The van der Waals surface area contributed by atoms with Crippen LogP contribution in [0.3, 0.4) is 0 Å². The van der Waals surface area contributed by atoms with Crippen molar-refractivity contribution in [2.45, 2.75) is 121 Å².